The zero-order valence-electron chi connectivity index (χ0n) is 17.8. The van der Waals surface area contributed by atoms with Crippen LogP contribution in [0.5, 0.6) is 0 Å². The number of pyridine rings is 1. The van der Waals surface area contributed by atoms with Crippen molar-refractivity contribution in [1.82, 2.24) is 15.2 Å². The summed E-state index contributed by atoms with van der Waals surface area (Å²) in [5.41, 5.74) is 2.45. The fourth-order valence-electron chi connectivity index (χ4n) is 3.71. The number of aromatic nitrogens is 1. The van der Waals surface area contributed by atoms with Crippen molar-refractivity contribution in [2.45, 2.75) is 0 Å². The van der Waals surface area contributed by atoms with E-state index in [1.807, 2.05) is 18.2 Å². The predicted molar refractivity (Wildman–Crippen MR) is 136 cm³/mol. The molecule has 1 N–H and O–H groups in total. The molecule has 34 heavy (non-hydrogen) atoms. The first-order valence-electron chi connectivity index (χ1n) is 10.5. The van der Waals surface area contributed by atoms with Crippen LogP contribution in [-0.4, -0.2) is 53.2 Å². The summed E-state index contributed by atoms with van der Waals surface area (Å²) < 4.78 is 5.36. The van der Waals surface area contributed by atoms with Gasteiger partial charge in [0.25, 0.3) is 11.8 Å². The number of nitrogens with one attached hydrogen (secondary N) is 1. The number of rotatable bonds is 3. The van der Waals surface area contributed by atoms with Crippen molar-refractivity contribution in [2.24, 2.45) is 4.99 Å². The molecule has 0 saturated carbocycles. The van der Waals surface area contributed by atoms with Crippen LogP contribution >= 0.6 is 35.0 Å². The highest BCUT2D eigenvalue weighted by atomic mass is 35.5. The maximum Gasteiger partial charge on any atom is 0.264 e. The summed E-state index contributed by atoms with van der Waals surface area (Å²) >= 11 is 13.6. The Morgan fingerprint density at radius 3 is 2.68 bits per heavy atom. The maximum atomic E-state index is 13.1. The monoisotopic (exact) mass is 512 g/mol. The van der Waals surface area contributed by atoms with Gasteiger partial charge in [-0.05, 0) is 53.7 Å². The molecule has 7 nitrogen and oxygen atoms in total. The van der Waals surface area contributed by atoms with E-state index in [-0.39, 0.29) is 11.8 Å². The molecule has 10 heteroatoms. The summed E-state index contributed by atoms with van der Waals surface area (Å²) in [6, 6.07) is 12.4. The van der Waals surface area contributed by atoms with Crippen molar-refractivity contribution in [3.63, 3.8) is 0 Å². The molecule has 0 radical (unpaired) electrons. The first kappa shape index (κ1) is 22.9. The molecular formula is C24H18Cl2N4O3S. The smallest absolute Gasteiger partial charge is 0.264 e. The van der Waals surface area contributed by atoms with E-state index in [4.69, 9.17) is 27.9 Å². The summed E-state index contributed by atoms with van der Waals surface area (Å²) in [4.78, 5) is 36.7. The molecule has 3 aromatic rings. The third-order valence-electron chi connectivity index (χ3n) is 5.39. The number of carbonyl (C=O) groups excluding carboxylic acids is 2. The molecular weight excluding hydrogens is 495 g/mol. The van der Waals surface area contributed by atoms with Crippen molar-refractivity contribution < 1.29 is 14.3 Å². The number of morpholine rings is 1. The number of amidine groups is 1. The summed E-state index contributed by atoms with van der Waals surface area (Å²) in [6.45, 7) is 2.17. The lowest BCUT2D eigenvalue weighted by Crippen LogP contribution is -2.40. The van der Waals surface area contributed by atoms with Crippen LogP contribution in [0.3, 0.4) is 0 Å². The number of ether oxygens (including phenoxy) is 1. The Morgan fingerprint density at radius 1 is 1.15 bits per heavy atom. The van der Waals surface area contributed by atoms with Gasteiger partial charge < -0.3 is 15.0 Å². The Bertz CT molecular complexity index is 1350. The van der Waals surface area contributed by atoms with E-state index >= 15 is 0 Å². The Kier molecular flexibility index (Phi) is 6.56. The van der Waals surface area contributed by atoms with Gasteiger partial charge in [-0.15, -0.1) is 0 Å². The maximum absolute atomic E-state index is 13.1. The molecule has 0 spiro atoms. The number of fused-ring (bicyclic) bond motifs is 1. The van der Waals surface area contributed by atoms with E-state index in [0.717, 1.165) is 10.9 Å². The van der Waals surface area contributed by atoms with Crippen molar-refractivity contribution in [2.75, 3.05) is 26.3 Å². The number of para-hydroxylation sites is 1. The zero-order chi connectivity index (χ0) is 23.7. The normalized spacial score (nSPS) is 18.6. The molecule has 0 aliphatic carbocycles. The standard InChI is InChI=1S/C24H18Cl2N4O3S/c25-17-2-1-3-18(26)21(17)28-24-29-22(31)20(34-24)13-14-4-5-19-16(12-14)15(6-7-27-19)23(32)30-8-10-33-11-9-30/h1-7,12-13H,8-11H2,(H,28,29,31). The van der Waals surface area contributed by atoms with Crippen LogP contribution in [0, 0.1) is 0 Å². The van der Waals surface area contributed by atoms with Crippen LogP contribution in [0.4, 0.5) is 5.69 Å². The van der Waals surface area contributed by atoms with Gasteiger partial charge in [-0.25, -0.2) is 4.99 Å². The highest BCUT2D eigenvalue weighted by molar-refractivity contribution is 8.18. The molecule has 2 aliphatic rings. The average molecular weight is 513 g/mol. The molecule has 2 amide bonds. The van der Waals surface area contributed by atoms with Gasteiger partial charge in [-0.2, -0.15) is 0 Å². The molecule has 3 heterocycles. The Hall–Kier alpha value is -2.91. The molecule has 5 rings (SSSR count). The number of benzene rings is 2. The lowest BCUT2D eigenvalue weighted by molar-refractivity contribution is -0.115. The molecule has 2 aliphatic heterocycles. The molecule has 1 aromatic heterocycles. The molecule has 0 unspecified atom stereocenters. The fraction of sp³-hybridized carbons (Fsp3) is 0.167. The number of halogens is 2. The van der Waals surface area contributed by atoms with Gasteiger partial charge in [-0.1, -0.05) is 35.3 Å². The SMILES string of the molecule is O=C1NC(=Nc2c(Cl)cccc2Cl)SC1=Cc1ccc2nccc(C(=O)N3CCOCC3)c2c1. The second-order valence-electron chi connectivity index (χ2n) is 7.59. The van der Waals surface area contributed by atoms with Gasteiger partial charge in [0.05, 0.1) is 39.2 Å². The Morgan fingerprint density at radius 2 is 1.91 bits per heavy atom. The predicted octanol–water partition coefficient (Wildman–Crippen LogP) is 4.91. The topological polar surface area (TPSA) is 83.9 Å². The molecule has 2 aromatic carbocycles. The molecule has 172 valence electrons. The van der Waals surface area contributed by atoms with E-state index in [9.17, 15) is 9.59 Å². The first-order chi connectivity index (χ1) is 16.5. The van der Waals surface area contributed by atoms with E-state index < -0.39 is 0 Å². The average Bonchev–Trinajstić information content (AvgIpc) is 3.19. The number of hydrogen-bond acceptors (Lipinski definition) is 6. The number of hydrogen-bond donors (Lipinski definition) is 1. The number of carbonyl (C=O) groups is 2. The van der Waals surface area contributed by atoms with E-state index in [2.05, 4.69) is 15.3 Å². The van der Waals surface area contributed by atoms with Gasteiger partial charge in [0, 0.05) is 24.7 Å². The van der Waals surface area contributed by atoms with Crippen molar-refractivity contribution in [1.29, 1.82) is 0 Å². The van der Waals surface area contributed by atoms with Crippen molar-refractivity contribution in [3.8, 4) is 0 Å². The van der Waals surface area contributed by atoms with E-state index in [0.29, 0.717) is 63.2 Å². The number of amides is 2. The molecule has 0 bridgehead atoms. The number of thioether (sulfide) groups is 1. The quantitative estimate of drug-likeness (QED) is 0.504. The third kappa shape index (κ3) is 4.67. The summed E-state index contributed by atoms with van der Waals surface area (Å²) in [5.74, 6) is -0.331. The highest BCUT2D eigenvalue weighted by Gasteiger charge is 2.25. The van der Waals surface area contributed by atoms with Crippen LogP contribution in [0.1, 0.15) is 15.9 Å². The van der Waals surface area contributed by atoms with Crippen molar-refractivity contribution in [3.05, 3.63) is 74.7 Å². The fourth-order valence-corrected chi connectivity index (χ4v) is 5.02. The van der Waals surface area contributed by atoms with Gasteiger partial charge >= 0.3 is 0 Å². The first-order valence-corrected chi connectivity index (χ1v) is 12.1. The highest BCUT2D eigenvalue weighted by Crippen LogP contribution is 2.36. The van der Waals surface area contributed by atoms with Gasteiger partial charge in [0.2, 0.25) is 0 Å². The summed E-state index contributed by atoms with van der Waals surface area (Å²) in [5, 5.41) is 4.65. The lowest BCUT2D eigenvalue weighted by Gasteiger charge is -2.27. The minimum absolute atomic E-state index is 0.0560. The second-order valence-corrected chi connectivity index (χ2v) is 9.44. The van der Waals surface area contributed by atoms with Crippen LogP contribution in [0.2, 0.25) is 10.0 Å². The van der Waals surface area contributed by atoms with Gasteiger partial charge in [0.15, 0.2) is 5.17 Å². The largest absolute Gasteiger partial charge is 0.378 e. The minimum Gasteiger partial charge on any atom is -0.378 e. The molecule has 2 saturated heterocycles. The zero-order valence-corrected chi connectivity index (χ0v) is 20.1. The van der Waals surface area contributed by atoms with Crippen LogP contribution in [0.25, 0.3) is 17.0 Å². The number of nitrogens with zero attached hydrogens (tertiary/aromatic N) is 3. The van der Waals surface area contributed by atoms with Crippen LogP contribution in [0.15, 0.2) is 58.6 Å². The minimum atomic E-state index is -0.275. The van der Waals surface area contributed by atoms with E-state index in [1.165, 1.54) is 11.8 Å². The Balaban J connectivity index is 1.45. The lowest BCUT2D eigenvalue weighted by atomic mass is 10.0. The second kappa shape index (κ2) is 9.76. The Labute approximate surface area is 209 Å². The van der Waals surface area contributed by atoms with Crippen molar-refractivity contribution >= 4 is 74.6 Å². The number of aliphatic imine (C=N–C) groups is 1. The van der Waals surface area contributed by atoms with Gasteiger partial charge in [-0.3, -0.25) is 14.6 Å². The van der Waals surface area contributed by atoms with Crippen LogP contribution < -0.4 is 5.32 Å². The van der Waals surface area contributed by atoms with E-state index in [1.54, 1.807) is 41.4 Å². The third-order valence-corrected chi connectivity index (χ3v) is 6.91. The van der Waals surface area contributed by atoms with Gasteiger partial charge in [0.1, 0.15) is 5.69 Å². The summed E-state index contributed by atoms with van der Waals surface area (Å²) in [7, 11) is 0. The van der Waals surface area contributed by atoms with Crippen LogP contribution in [-0.2, 0) is 9.53 Å². The molecule has 2 fully saturated rings. The molecule has 0 atom stereocenters. The summed E-state index contributed by atoms with van der Waals surface area (Å²) in [6.07, 6.45) is 3.39.